The predicted octanol–water partition coefficient (Wildman–Crippen LogP) is 3.70. The lowest BCUT2D eigenvalue weighted by Gasteiger charge is -2.09. The van der Waals surface area contributed by atoms with Crippen LogP contribution < -0.4 is 24.4 Å². The molecule has 0 aliphatic rings. The van der Waals surface area contributed by atoms with Gasteiger partial charge >= 0.3 is 5.97 Å². The standard InChI is InChI=1S/C24H22N2O6/c1-29-20-7-5-4-6-19(20)23(27)26-25-15-16-8-11-18(12-9-16)32-24(28)17-10-13-21(30-2)22(14-17)31-3/h4-15H,1-3H3,(H,26,27). The molecule has 32 heavy (non-hydrogen) atoms. The first-order valence-electron chi connectivity index (χ1n) is 9.56. The number of carbonyl (C=O) groups excluding carboxylic acids is 2. The quantitative estimate of drug-likeness (QED) is 0.251. The molecule has 0 saturated carbocycles. The molecular formula is C24H22N2O6. The molecule has 3 aromatic carbocycles. The van der Waals surface area contributed by atoms with Gasteiger partial charge in [-0.2, -0.15) is 5.10 Å². The minimum atomic E-state index is -0.531. The molecule has 0 radical (unpaired) electrons. The van der Waals surface area contributed by atoms with Gasteiger partial charge in [0.15, 0.2) is 11.5 Å². The molecule has 0 spiro atoms. The summed E-state index contributed by atoms with van der Waals surface area (Å²) in [6.45, 7) is 0. The van der Waals surface area contributed by atoms with Crippen molar-refractivity contribution >= 4 is 18.1 Å². The number of hydrogen-bond acceptors (Lipinski definition) is 7. The van der Waals surface area contributed by atoms with Crippen molar-refractivity contribution < 1.29 is 28.5 Å². The van der Waals surface area contributed by atoms with Gasteiger partial charge in [0, 0.05) is 0 Å². The van der Waals surface area contributed by atoms with Crippen LogP contribution in [0.3, 0.4) is 0 Å². The van der Waals surface area contributed by atoms with Crippen molar-refractivity contribution in [2.45, 2.75) is 0 Å². The fourth-order valence-electron chi connectivity index (χ4n) is 2.81. The van der Waals surface area contributed by atoms with Crippen LogP contribution in [-0.2, 0) is 0 Å². The first kappa shape index (κ1) is 22.4. The van der Waals surface area contributed by atoms with Crippen molar-refractivity contribution in [2.75, 3.05) is 21.3 Å². The van der Waals surface area contributed by atoms with Crippen LogP contribution in [0.4, 0.5) is 0 Å². The minimum absolute atomic E-state index is 0.326. The molecule has 8 nitrogen and oxygen atoms in total. The number of carbonyl (C=O) groups is 2. The Morgan fingerprint density at radius 3 is 2.19 bits per heavy atom. The highest BCUT2D eigenvalue weighted by molar-refractivity contribution is 5.97. The van der Waals surface area contributed by atoms with E-state index in [-0.39, 0.29) is 5.91 Å². The maximum atomic E-state index is 12.4. The second-order valence-corrected chi connectivity index (χ2v) is 6.43. The smallest absolute Gasteiger partial charge is 0.343 e. The van der Waals surface area contributed by atoms with Crippen molar-refractivity contribution in [1.82, 2.24) is 5.43 Å². The van der Waals surface area contributed by atoms with Gasteiger partial charge in [0.05, 0.1) is 38.7 Å². The fraction of sp³-hybridized carbons (Fsp3) is 0.125. The number of rotatable bonds is 8. The van der Waals surface area contributed by atoms with Crippen molar-refractivity contribution in [1.29, 1.82) is 0 Å². The van der Waals surface area contributed by atoms with Crippen molar-refractivity contribution in [2.24, 2.45) is 5.10 Å². The van der Waals surface area contributed by atoms with Crippen LogP contribution in [0.1, 0.15) is 26.3 Å². The highest BCUT2D eigenvalue weighted by Crippen LogP contribution is 2.28. The molecular weight excluding hydrogens is 412 g/mol. The average Bonchev–Trinajstić information content (AvgIpc) is 2.84. The van der Waals surface area contributed by atoms with Crippen LogP contribution in [0, 0.1) is 0 Å². The third-order valence-electron chi connectivity index (χ3n) is 4.44. The predicted molar refractivity (Wildman–Crippen MR) is 119 cm³/mol. The number of esters is 1. The largest absolute Gasteiger partial charge is 0.496 e. The van der Waals surface area contributed by atoms with Gasteiger partial charge in [-0.05, 0) is 60.2 Å². The summed E-state index contributed by atoms with van der Waals surface area (Å²) >= 11 is 0. The van der Waals surface area contributed by atoms with Crippen LogP contribution in [0.2, 0.25) is 0 Å². The second kappa shape index (κ2) is 10.6. The van der Waals surface area contributed by atoms with Gasteiger partial charge < -0.3 is 18.9 Å². The first-order valence-corrected chi connectivity index (χ1v) is 9.56. The van der Waals surface area contributed by atoms with E-state index in [0.717, 1.165) is 0 Å². The zero-order valence-electron chi connectivity index (χ0n) is 17.8. The summed E-state index contributed by atoms with van der Waals surface area (Å²) in [6, 6.07) is 18.3. The van der Waals surface area contributed by atoms with Crippen LogP contribution in [0.25, 0.3) is 0 Å². The number of ether oxygens (including phenoxy) is 4. The Bertz CT molecular complexity index is 1130. The zero-order valence-corrected chi connectivity index (χ0v) is 17.8. The summed E-state index contributed by atoms with van der Waals surface area (Å²) in [5.74, 6) is 0.852. The van der Waals surface area contributed by atoms with Crippen LogP contribution >= 0.6 is 0 Å². The lowest BCUT2D eigenvalue weighted by Crippen LogP contribution is -2.18. The number of nitrogens with one attached hydrogen (secondary N) is 1. The van der Waals surface area contributed by atoms with Crippen LogP contribution in [0.5, 0.6) is 23.0 Å². The maximum Gasteiger partial charge on any atom is 0.343 e. The molecule has 0 atom stereocenters. The van der Waals surface area contributed by atoms with E-state index in [1.807, 2.05) is 0 Å². The Morgan fingerprint density at radius 2 is 1.50 bits per heavy atom. The van der Waals surface area contributed by atoms with Crippen LogP contribution in [0.15, 0.2) is 71.8 Å². The first-order chi connectivity index (χ1) is 15.5. The normalized spacial score (nSPS) is 10.5. The third-order valence-corrected chi connectivity index (χ3v) is 4.44. The fourth-order valence-corrected chi connectivity index (χ4v) is 2.81. The Morgan fingerprint density at radius 1 is 0.812 bits per heavy atom. The SMILES string of the molecule is COc1ccc(C(=O)Oc2ccc(C=NNC(=O)c3ccccc3OC)cc2)cc1OC. The van der Waals surface area contributed by atoms with Crippen molar-refractivity contribution in [3.05, 3.63) is 83.4 Å². The van der Waals surface area contributed by atoms with Gasteiger partial charge in [-0.25, -0.2) is 10.2 Å². The molecule has 0 aromatic heterocycles. The zero-order chi connectivity index (χ0) is 22.9. The van der Waals surface area contributed by atoms with Gasteiger partial charge in [-0.3, -0.25) is 4.79 Å². The average molecular weight is 434 g/mol. The highest BCUT2D eigenvalue weighted by Gasteiger charge is 2.13. The highest BCUT2D eigenvalue weighted by atomic mass is 16.5. The molecule has 0 aliphatic heterocycles. The van der Waals surface area contributed by atoms with E-state index in [9.17, 15) is 9.59 Å². The van der Waals surface area contributed by atoms with Gasteiger partial charge in [0.25, 0.3) is 5.91 Å². The Hall–Kier alpha value is -4.33. The van der Waals surface area contributed by atoms with E-state index in [4.69, 9.17) is 18.9 Å². The minimum Gasteiger partial charge on any atom is -0.496 e. The Kier molecular flexibility index (Phi) is 7.42. The molecule has 3 aromatic rings. The van der Waals surface area contributed by atoms with E-state index in [0.29, 0.717) is 39.7 Å². The number of nitrogens with zero attached hydrogens (tertiary/aromatic N) is 1. The summed E-state index contributed by atoms with van der Waals surface area (Å²) in [4.78, 5) is 24.6. The molecule has 1 N–H and O–H groups in total. The summed E-state index contributed by atoms with van der Waals surface area (Å²) < 4.78 is 20.9. The number of methoxy groups -OCH3 is 3. The lowest BCUT2D eigenvalue weighted by atomic mass is 10.2. The number of hydrazone groups is 1. The summed E-state index contributed by atoms with van der Waals surface area (Å²) in [5.41, 5.74) is 3.86. The number of amides is 1. The molecule has 0 bridgehead atoms. The van der Waals surface area contributed by atoms with E-state index < -0.39 is 5.97 Å². The number of benzene rings is 3. The molecule has 0 aliphatic carbocycles. The molecule has 1 amide bonds. The van der Waals surface area contributed by atoms with Gasteiger partial charge in [0.1, 0.15) is 11.5 Å². The molecule has 0 heterocycles. The Balaban J connectivity index is 1.60. The van der Waals surface area contributed by atoms with E-state index in [2.05, 4.69) is 10.5 Å². The molecule has 3 rings (SSSR count). The van der Waals surface area contributed by atoms with E-state index in [1.54, 1.807) is 66.7 Å². The monoisotopic (exact) mass is 434 g/mol. The molecule has 8 heteroatoms. The topological polar surface area (TPSA) is 95.5 Å². The second-order valence-electron chi connectivity index (χ2n) is 6.43. The number of hydrogen-bond donors (Lipinski definition) is 1. The van der Waals surface area contributed by atoms with E-state index in [1.165, 1.54) is 27.5 Å². The lowest BCUT2D eigenvalue weighted by molar-refractivity contribution is 0.0734. The summed E-state index contributed by atoms with van der Waals surface area (Å²) in [7, 11) is 4.51. The van der Waals surface area contributed by atoms with Gasteiger partial charge in [0.2, 0.25) is 0 Å². The third kappa shape index (κ3) is 5.42. The number of para-hydroxylation sites is 1. The van der Waals surface area contributed by atoms with Gasteiger partial charge in [-0.1, -0.05) is 12.1 Å². The summed E-state index contributed by atoms with van der Waals surface area (Å²) in [6.07, 6.45) is 1.48. The van der Waals surface area contributed by atoms with Crippen molar-refractivity contribution in [3.63, 3.8) is 0 Å². The van der Waals surface area contributed by atoms with Crippen molar-refractivity contribution in [3.8, 4) is 23.0 Å². The Labute approximate surface area is 185 Å². The summed E-state index contributed by atoms with van der Waals surface area (Å²) in [5, 5.41) is 3.95. The van der Waals surface area contributed by atoms with E-state index >= 15 is 0 Å². The van der Waals surface area contributed by atoms with Gasteiger partial charge in [-0.15, -0.1) is 0 Å². The maximum absolute atomic E-state index is 12.4. The molecule has 0 fully saturated rings. The molecule has 0 unspecified atom stereocenters. The molecule has 164 valence electrons. The molecule has 0 saturated heterocycles. The van der Waals surface area contributed by atoms with Crippen LogP contribution in [-0.4, -0.2) is 39.4 Å².